The van der Waals surface area contributed by atoms with Gasteiger partial charge in [-0.1, -0.05) is 23.7 Å². The number of aryl methyl sites for hydroxylation is 2. The van der Waals surface area contributed by atoms with Crippen LogP contribution >= 0.6 is 22.9 Å². The highest BCUT2D eigenvalue weighted by Crippen LogP contribution is 2.26. The standard InChI is InChI=1S/C13H15ClN2S/c1-8-10(3)17-13(15-8)16-9(2)11-5-4-6-12(14)7-11/h4-7,9H,1-3H3,(H,15,16). The van der Waals surface area contributed by atoms with E-state index in [-0.39, 0.29) is 6.04 Å². The van der Waals surface area contributed by atoms with Gasteiger partial charge >= 0.3 is 0 Å². The minimum Gasteiger partial charge on any atom is -0.355 e. The van der Waals surface area contributed by atoms with Crippen molar-refractivity contribution < 1.29 is 0 Å². The summed E-state index contributed by atoms with van der Waals surface area (Å²) >= 11 is 7.67. The Morgan fingerprint density at radius 2 is 2.12 bits per heavy atom. The van der Waals surface area contributed by atoms with Crippen LogP contribution in [-0.4, -0.2) is 4.98 Å². The minimum absolute atomic E-state index is 0.207. The lowest BCUT2D eigenvalue weighted by atomic mass is 10.1. The molecular weight excluding hydrogens is 252 g/mol. The Morgan fingerprint density at radius 3 is 2.71 bits per heavy atom. The van der Waals surface area contributed by atoms with Gasteiger partial charge in [-0.3, -0.25) is 0 Å². The summed E-state index contributed by atoms with van der Waals surface area (Å²) in [6, 6.07) is 8.10. The molecule has 1 N–H and O–H groups in total. The third-order valence-electron chi connectivity index (χ3n) is 2.72. The second-order valence-corrected chi connectivity index (χ2v) is 5.72. The van der Waals surface area contributed by atoms with E-state index in [9.17, 15) is 0 Å². The number of hydrogen-bond acceptors (Lipinski definition) is 3. The molecule has 0 radical (unpaired) electrons. The molecule has 0 amide bonds. The molecule has 0 aliphatic heterocycles. The molecule has 0 aliphatic rings. The molecule has 0 saturated heterocycles. The maximum absolute atomic E-state index is 5.98. The van der Waals surface area contributed by atoms with Crippen molar-refractivity contribution in [3.63, 3.8) is 0 Å². The van der Waals surface area contributed by atoms with Crippen molar-refractivity contribution >= 4 is 28.1 Å². The van der Waals surface area contributed by atoms with Crippen LogP contribution in [0.2, 0.25) is 5.02 Å². The Balaban J connectivity index is 2.14. The molecule has 0 saturated carbocycles. The summed E-state index contributed by atoms with van der Waals surface area (Å²) in [5.74, 6) is 0. The van der Waals surface area contributed by atoms with Gasteiger partial charge in [-0.05, 0) is 38.5 Å². The van der Waals surface area contributed by atoms with Gasteiger partial charge in [-0.15, -0.1) is 11.3 Å². The Kier molecular flexibility index (Phi) is 3.69. The van der Waals surface area contributed by atoms with E-state index in [0.717, 1.165) is 15.8 Å². The first kappa shape index (κ1) is 12.4. The first-order valence-electron chi connectivity index (χ1n) is 5.52. The number of nitrogens with zero attached hydrogens (tertiary/aromatic N) is 1. The molecule has 2 aromatic rings. The van der Waals surface area contributed by atoms with Crippen LogP contribution in [0.4, 0.5) is 5.13 Å². The SMILES string of the molecule is Cc1nc(NC(C)c2cccc(Cl)c2)sc1C. The van der Waals surface area contributed by atoms with Gasteiger partial charge in [0.1, 0.15) is 0 Å². The Labute approximate surface area is 111 Å². The van der Waals surface area contributed by atoms with Crippen molar-refractivity contribution in [3.8, 4) is 0 Å². The highest BCUT2D eigenvalue weighted by Gasteiger charge is 2.09. The summed E-state index contributed by atoms with van der Waals surface area (Å²) in [4.78, 5) is 5.73. The van der Waals surface area contributed by atoms with E-state index in [4.69, 9.17) is 11.6 Å². The zero-order chi connectivity index (χ0) is 12.4. The second kappa shape index (κ2) is 5.07. The van der Waals surface area contributed by atoms with Gasteiger partial charge in [0.2, 0.25) is 0 Å². The number of aromatic nitrogens is 1. The predicted octanol–water partition coefficient (Wildman–Crippen LogP) is 4.59. The van der Waals surface area contributed by atoms with Crippen LogP contribution in [-0.2, 0) is 0 Å². The van der Waals surface area contributed by atoms with Crippen molar-refractivity contribution in [1.82, 2.24) is 4.98 Å². The molecule has 1 aromatic carbocycles. The lowest BCUT2D eigenvalue weighted by Crippen LogP contribution is -2.06. The largest absolute Gasteiger partial charge is 0.355 e. The zero-order valence-corrected chi connectivity index (χ0v) is 11.7. The lowest BCUT2D eigenvalue weighted by molar-refractivity contribution is 0.880. The number of halogens is 1. The molecule has 2 rings (SSSR count). The average molecular weight is 267 g/mol. The van der Waals surface area contributed by atoms with E-state index in [0.29, 0.717) is 0 Å². The maximum Gasteiger partial charge on any atom is 0.183 e. The Bertz CT molecular complexity index is 502. The van der Waals surface area contributed by atoms with Crippen molar-refractivity contribution in [1.29, 1.82) is 0 Å². The monoisotopic (exact) mass is 266 g/mol. The van der Waals surface area contributed by atoms with Crippen LogP contribution in [0, 0.1) is 13.8 Å². The highest BCUT2D eigenvalue weighted by molar-refractivity contribution is 7.15. The van der Waals surface area contributed by atoms with Gasteiger partial charge in [0.15, 0.2) is 5.13 Å². The van der Waals surface area contributed by atoms with Crippen molar-refractivity contribution in [2.75, 3.05) is 5.32 Å². The number of hydrogen-bond donors (Lipinski definition) is 1. The fraction of sp³-hybridized carbons (Fsp3) is 0.308. The van der Waals surface area contributed by atoms with Gasteiger partial charge < -0.3 is 5.32 Å². The predicted molar refractivity (Wildman–Crippen MR) is 75.1 cm³/mol. The topological polar surface area (TPSA) is 24.9 Å². The molecule has 2 nitrogen and oxygen atoms in total. The average Bonchev–Trinajstić information content (AvgIpc) is 2.58. The van der Waals surface area contributed by atoms with Crippen molar-refractivity contribution in [3.05, 3.63) is 45.4 Å². The smallest absolute Gasteiger partial charge is 0.183 e. The van der Waals surface area contributed by atoms with E-state index in [2.05, 4.69) is 30.2 Å². The quantitative estimate of drug-likeness (QED) is 0.879. The summed E-state index contributed by atoms with van der Waals surface area (Å²) in [5, 5.41) is 5.13. The molecule has 0 aliphatic carbocycles. The molecule has 0 bridgehead atoms. The van der Waals surface area contributed by atoms with Gasteiger partial charge in [-0.25, -0.2) is 4.98 Å². The van der Waals surface area contributed by atoms with Gasteiger partial charge in [0.25, 0.3) is 0 Å². The minimum atomic E-state index is 0.207. The zero-order valence-electron chi connectivity index (χ0n) is 10.1. The third kappa shape index (κ3) is 2.99. The fourth-order valence-corrected chi connectivity index (χ4v) is 2.68. The first-order valence-corrected chi connectivity index (χ1v) is 6.71. The number of rotatable bonds is 3. The number of nitrogens with one attached hydrogen (secondary N) is 1. The van der Waals surface area contributed by atoms with Crippen LogP contribution in [0.25, 0.3) is 0 Å². The number of thiazole rings is 1. The molecule has 17 heavy (non-hydrogen) atoms. The van der Waals surface area contributed by atoms with Crippen molar-refractivity contribution in [2.24, 2.45) is 0 Å². The molecule has 1 aromatic heterocycles. The Hall–Kier alpha value is -1.06. The van der Waals surface area contributed by atoms with E-state index >= 15 is 0 Å². The summed E-state index contributed by atoms with van der Waals surface area (Å²) in [7, 11) is 0. The van der Waals surface area contributed by atoms with E-state index in [1.165, 1.54) is 10.4 Å². The van der Waals surface area contributed by atoms with E-state index in [1.54, 1.807) is 11.3 Å². The Morgan fingerprint density at radius 1 is 1.35 bits per heavy atom. The normalized spacial score (nSPS) is 12.5. The van der Waals surface area contributed by atoms with Gasteiger partial charge in [-0.2, -0.15) is 0 Å². The number of benzene rings is 1. The molecule has 4 heteroatoms. The molecule has 1 unspecified atom stereocenters. The molecule has 1 heterocycles. The van der Waals surface area contributed by atoms with Crippen LogP contribution in [0.1, 0.15) is 29.1 Å². The van der Waals surface area contributed by atoms with Crippen LogP contribution in [0.3, 0.4) is 0 Å². The van der Waals surface area contributed by atoms with Gasteiger partial charge in [0, 0.05) is 9.90 Å². The lowest BCUT2D eigenvalue weighted by Gasteiger charge is -2.13. The first-order chi connectivity index (χ1) is 8.06. The third-order valence-corrected chi connectivity index (χ3v) is 3.96. The molecule has 0 fully saturated rings. The molecule has 1 atom stereocenters. The molecular formula is C13H15ClN2S. The van der Waals surface area contributed by atoms with Crippen LogP contribution in [0.15, 0.2) is 24.3 Å². The van der Waals surface area contributed by atoms with Gasteiger partial charge in [0.05, 0.1) is 11.7 Å². The highest BCUT2D eigenvalue weighted by atomic mass is 35.5. The summed E-state index contributed by atoms with van der Waals surface area (Å²) in [6.45, 7) is 6.22. The van der Waals surface area contributed by atoms with Crippen molar-refractivity contribution in [2.45, 2.75) is 26.8 Å². The fourth-order valence-electron chi connectivity index (χ4n) is 1.58. The van der Waals surface area contributed by atoms with Crippen LogP contribution in [0.5, 0.6) is 0 Å². The second-order valence-electron chi connectivity index (χ2n) is 4.08. The summed E-state index contributed by atoms with van der Waals surface area (Å²) in [5.41, 5.74) is 2.26. The van der Waals surface area contributed by atoms with E-state index in [1.807, 2.05) is 25.1 Å². The number of anilines is 1. The molecule has 90 valence electrons. The maximum atomic E-state index is 5.98. The summed E-state index contributed by atoms with van der Waals surface area (Å²) in [6.07, 6.45) is 0. The summed E-state index contributed by atoms with van der Waals surface area (Å²) < 4.78 is 0. The van der Waals surface area contributed by atoms with Crippen LogP contribution < -0.4 is 5.32 Å². The van der Waals surface area contributed by atoms with E-state index < -0.39 is 0 Å². The molecule has 0 spiro atoms.